The fourth-order valence-electron chi connectivity index (χ4n) is 2.60. The van der Waals surface area contributed by atoms with E-state index in [1.807, 2.05) is 12.1 Å². The van der Waals surface area contributed by atoms with Gasteiger partial charge in [-0.05, 0) is 36.4 Å². The van der Waals surface area contributed by atoms with Crippen molar-refractivity contribution >= 4 is 29.0 Å². The van der Waals surface area contributed by atoms with Crippen LogP contribution in [-0.4, -0.2) is 49.1 Å². The number of rotatable bonds is 5. The van der Waals surface area contributed by atoms with E-state index >= 15 is 0 Å². The van der Waals surface area contributed by atoms with Crippen LogP contribution in [-0.2, 0) is 4.74 Å². The summed E-state index contributed by atoms with van der Waals surface area (Å²) in [6.45, 7) is 2.97. The predicted octanol–water partition coefficient (Wildman–Crippen LogP) is 3.82. The van der Waals surface area contributed by atoms with Gasteiger partial charge in [-0.3, -0.25) is 4.79 Å². The highest BCUT2D eigenvalue weighted by atomic mass is 32.2. The molecule has 1 aromatic heterocycles. The number of ether oxygens (including phenoxy) is 1. The second-order valence-corrected chi connectivity index (χ2v) is 6.82. The Morgan fingerprint density at radius 2 is 1.89 bits per heavy atom. The Hall–Kier alpha value is -2.26. The Morgan fingerprint density at radius 1 is 1.19 bits per heavy atom. The fraction of sp³-hybridized carbons (Fsp3) is 0.333. The second-order valence-electron chi connectivity index (χ2n) is 5.86. The first kappa shape index (κ1) is 19.5. The highest BCUT2D eigenvalue weighted by molar-refractivity contribution is 7.99. The largest absolute Gasteiger partial charge is 0.398 e. The van der Waals surface area contributed by atoms with Gasteiger partial charge >= 0.3 is 6.18 Å². The molecular formula is C18H18F3N3O2S. The normalized spacial score (nSPS) is 14.9. The molecule has 2 heterocycles. The van der Waals surface area contributed by atoms with Gasteiger partial charge in [-0.15, -0.1) is 0 Å². The molecule has 0 atom stereocenters. The number of morpholine rings is 1. The van der Waals surface area contributed by atoms with Crippen molar-refractivity contribution in [1.29, 1.82) is 0 Å². The molecule has 3 rings (SSSR count). The van der Waals surface area contributed by atoms with Gasteiger partial charge in [0.25, 0.3) is 5.91 Å². The minimum atomic E-state index is -4.33. The summed E-state index contributed by atoms with van der Waals surface area (Å²) < 4.78 is 42.7. The van der Waals surface area contributed by atoms with Crippen molar-refractivity contribution in [3.63, 3.8) is 0 Å². The summed E-state index contributed by atoms with van der Waals surface area (Å²) in [4.78, 5) is 18.6. The van der Waals surface area contributed by atoms with Gasteiger partial charge in [-0.2, -0.15) is 13.2 Å². The van der Waals surface area contributed by atoms with E-state index in [1.165, 1.54) is 18.3 Å². The van der Waals surface area contributed by atoms with Crippen LogP contribution in [0.3, 0.4) is 0 Å². The maximum Gasteiger partial charge on any atom is 0.398 e. The summed E-state index contributed by atoms with van der Waals surface area (Å²) in [7, 11) is 0. The Balaban J connectivity index is 1.66. The second kappa shape index (κ2) is 8.62. The number of alkyl halides is 3. The van der Waals surface area contributed by atoms with Crippen LogP contribution in [0.25, 0.3) is 0 Å². The first-order chi connectivity index (χ1) is 12.9. The predicted molar refractivity (Wildman–Crippen MR) is 98.4 cm³/mol. The van der Waals surface area contributed by atoms with E-state index in [0.717, 1.165) is 18.8 Å². The van der Waals surface area contributed by atoms with Gasteiger partial charge in [0.1, 0.15) is 5.03 Å². The number of nitrogens with one attached hydrogen (secondary N) is 1. The smallest absolute Gasteiger partial charge is 0.378 e. The number of anilines is 2. The average molecular weight is 397 g/mol. The number of thioether (sulfide) groups is 1. The van der Waals surface area contributed by atoms with E-state index in [4.69, 9.17) is 4.74 Å². The fourth-order valence-corrected chi connectivity index (χ4v) is 3.36. The summed E-state index contributed by atoms with van der Waals surface area (Å²) in [5.41, 5.74) is 1.70. The molecule has 0 bridgehead atoms. The highest BCUT2D eigenvalue weighted by Crippen LogP contribution is 2.28. The summed E-state index contributed by atoms with van der Waals surface area (Å²) in [5.74, 6) is -1.59. The monoisotopic (exact) mass is 397 g/mol. The van der Waals surface area contributed by atoms with Crippen LogP contribution in [0.1, 0.15) is 10.4 Å². The molecule has 27 heavy (non-hydrogen) atoms. The SMILES string of the molecule is O=C(Nc1ccc(N2CCOCC2)cc1)c1cccnc1SCC(F)(F)F. The lowest BCUT2D eigenvalue weighted by Gasteiger charge is -2.28. The molecule has 0 spiro atoms. The lowest BCUT2D eigenvalue weighted by molar-refractivity contribution is -0.105. The summed E-state index contributed by atoms with van der Waals surface area (Å²) in [5, 5.41) is 2.76. The van der Waals surface area contributed by atoms with E-state index in [9.17, 15) is 18.0 Å². The molecule has 1 amide bonds. The Labute approximate surface area is 158 Å². The van der Waals surface area contributed by atoms with Gasteiger partial charge in [-0.25, -0.2) is 4.98 Å². The molecule has 2 aromatic rings. The number of hydrogen-bond donors (Lipinski definition) is 1. The number of halogens is 3. The summed E-state index contributed by atoms with van der Waals surface area (Å²) >= 11 is 0.499. The molecule has 1 fully saturated rings. The van der Waals surface area contributed by atoms with Gasteiger partial charge in [0.05, 0.1) is 24.5 Å². The summed E-state index contributed by atoms with van der Waals surface area (Å²) in [6, 6.07) is 10.3. The third-order valence-corrected chi connectivity index (χ3v) is 4.96. The maximum absolute atomic E-state index is 12.5. The van der Waals surface area contributed by atoms with Crippen LogP contribution in [0.5, 0.6) is 0 Å². The van der Waals surface area contributed by atoms with E-state index in [2.05, 4.69) is 15.2 Å². The molecule has 9 heteroatoms. The molecule has 1 aliphatic heterocycles. The Kier molecular flexibility index (Phi) is 6.22. The number of hydrogen-bond acceptors (Lipinski definition) is 5. The quantitative estimate of drug-likeness (QED) is 0.778. The Morgan fingerprint density at radius 3 is 2.56 bits per heavy atom. The number of carbonyl (C=O) groups is 1. The molecule has 1 aromatic carbocycles. The van der Waals surface area contributed by atoms with Crippen molar-refractivity contribution in [3.8, 4) is 0 Å². The average Bonchev–Trinajstić information content (AvgIpc) is 2.67. The lowest BCUT2D eigenvalue weighted by Crippen LogP contribution is -2.36. The third-order valence-electron chi connectivity index (χ3n) is 3.89. The number of pyridine rings is 1. The molecule has 144 valence electrons. The highest BCUT2D eigenvalue weighted by Gasteiger charge is 2.28. The van der Waals surface area contributed by atoms with Crippen molar-refractivity contribution in [2.75, 3.05) is 42.3 Å². The topological polar surface area (TPSA) is 54.5 Å². The third kappa shape index (κ3) is 5.61. The van der Waals surface area contributed by atoms with Crippen LogP contribution >= 0.6 is 11.8 Å². The first-order valence-electron chi connectivity index (χ1n) is 8.31. The molecule has 1 aliphatic rings. The van der Waals surface area contributed by atoms with E-state index in [1.54, 1.807) is 12.1 Å². The zero-order valence-corrected chi connectivity index (χ0v) is 15.1. The molecule has 0 unspecified atom stereocenters. The molecule has 0 aliphatic carbocycles. The van der Waals surface area contributed by atoms with Crippen molar-refractivity contribution in [2.45, 2.75) is 11.2 Å². The molecule has 1 N–H and O–H groups in total. The van der Waals surface area contributed by atoms with Gasteiger partial charge in [0, 0.05) is 30.7 Å². The van der Waals surface area contributed by atoms with Gasteiger partial charge in [-0.1, -0.05) is 11.8 Å². The molecule has 1 saturated heterocycles. The van der Waals surface area contributed by atoms with Crippen molar-refractivity contribution in [1.82, 2.24) is 4.98 Å². The minimum Gasteiger partial charge on any atom is -0.378 e. The first-order valence-corrected chi connectivity index (χ1v) is 9.29. The van der Waals surface area contributed by atoms with Crippen molar-refractivity contribution < 1.29 is 22.7 Å². The van der Waals surface area contributed by atoms with Crippen LogP contribution in [0.2, 0.25) is 0 Å². The number of amides is 1. The standard InChI is InChI=1S/C18H18F3N3O2S/c19-18(20,21)12-27-17-15(2-1-7-22-17)16(25)23-13-3-5-14(6-4-13)24-8-10-26-11-9-24/h1-7H,8-12H2,(H,23,25). The minimum absolute atomic E-state index is 0.0530. The van der Waals surface area contributed by atoms with E-state index in [-0.39, 0.29) is 10.6 Å². The zero-order chi connectivity index (χ0) is 19.3. The van der Waals surface area contributed by atoms with Crippen molar-refractivity contribution in [2.24, 2.45) is 0 Å². The number of aromatic nitrogens is 1. The number of carbonyl (C=O) groups excluding carboxylic acids is 1. The van der Waals surface area contributed by atoms with E-state index < -0.39 is 17.8 Å². The zero-order valence-electron chi connectivity index (χ0n) is 14.3. The van der Waals surface area contributed by atoms with Gasteiger partial charge in [0.2, 0.25) is 0 Å². The Bertz CT molecular complexity index is 778. The number of benzene rings is 1. The molecular weight excluding hydrogens is 379 g/mol. The lowest BCUT2D eigenvalue weighted by atomic mass is 10.2. The van der Waals surface area contributed by atoms with Crippen LogP contribution in [0, 0.1) is 0 Å². The van der Waals surface area contributed by atoms with Crippen LogP contribution in [0.4, 0.5) is 24.5 Å². The number of nitrogens with zero attached hydrogens (tertiary/aromatic N) is 2. The van der Waals surface area contributed by atoms with Crippen LogP contribution in [0.15, 0.2) is 47.6 Å². The molecule has 5 nitrogen and oxygen atoms in total. The molecule has 0 saturated carbocycles. The molecule has 0 radical (unpaired) electrons. The van der Waals surface area contributed by atoms with Gasteiger partial charge in [0.15, 0.2) is 0 Å². The van der Waals surface area contributed by atoms with Crippen LogP contribution < -0.4 is 10.2 Å². The summed E-state index contributed by atoms with van der Waals surface area (Å²) in [6.07, 6.45) is -2.96. The van der Waals surface area contributed by atoms with Gasteiger partial charge < -0.3 is 15.0 Å². The maximum atomic E-state index is 12.5. The van der Waals surface area contributed by atoms with E-state index in [0.29, 0.717) is 30.7 Å². The van der Waals surface area contributed by atoms with Crippen molar-refractivity contribution in [3.05, 3.63) is 48.2 Å².